The second-order valence-corrected chi connectivity index (χ2v) is 6.32. The summed E-state index contributed by atoms with van der Waals surface area (Å²) in [6.45, 7) is 4.32. The lowest BCUT2D eigenvalue weighted by Gasteiger charge is -2.13. The van der Waals surface area contributed by atoms with Crippen LogP contribution in [-0.2, 0) is 19.4 Å². The number of benzene rings is 2. The van der Waals surface area contributed by atoms with Gasteiger partial charge in [0.2, 0.25) is 0 Å². The average Bonchev–Trinajstić information content (AvgIpc) is 3.02. The molecule has 1 aromatic heterocycles. The highest BCUT2D eigenvalue weighted by Crippen LogP contribution is 2.23. The average molecular weight is 361 g/mol. The Morgan fingerprint density at radius 1 is 1.15 bits per heavy atom. The van der Waals surface area contributed by atoms with E-state index in [1.165, 1.54) is 5.56 Å². The fourth-order valence-corrected chi connectivity index (χ4v) is 3.10. The van der Waals surface area contributed by atoms with Gasteiger partial charge in [0.05, 0.1) is 17.1 Å². The fourth-order valence-electron chi connectivity index (χ4n) is 3.10. The Balaban J connectivity index is 1.91. The van der Waals surface area contributed by atoms with Crippen molar-refractivity contribution >= 4 is 0 Å². The number of ether oxygens (including phenoxy) is 1. The number of hydrogen-bond donors (Lipinski definition) is 1. The number of aliphatic hydroxyl groups excluding tert-OH is 1. The lowest BCUT2D eigenvalue weighted by atomic mass is 10.1. The van der Waals surface area contributed by atoms with Gasteiger partial charge in [0.1, 0.15) is 24.0 Å². The van der Waals surface area contributed by atoms with Gasteiger partial charge in [-0.1, -0.05) is 37.3 Å². The van der Waals surface area contributed by atoms with E-state index in [9.17, 15) is 5.26 Å². The van der Waals surface area contributed by atoms with Crippen LogP contribution in [0.25, 0.3) is 5.69 Å². The second kappa shape index (κ2) is 8.52. The Labute approximate surface area is 159 Å². The number of hydrogen-bond acceptors (Lipinski definition) is 4. The number of aryl methyl sites for hydroxylation is 2. The van der Waals surface area contributed by atoms with Crippen molar-refractivity contribution in [2.24, 2.45) is 0 Å². The van der Waals surface area contributed by atoms with Crippen molar-refractivity contribution < 1.29 is 9.84 Å². The molecule has 1 N–H and O–H groups in total. The second-order valence-electron chi connectivity index (χ2n) is 6.32. The molecule has 0 fully saturated rings. The summed E-state index contributed by atoms with van der Waals surface area (Å²) in [6, 6.07) is 18.0. The zero-order valence-corrected chi connectivity index (χ0v) is 15.6. The number of aliphatic hydroxyl groups is 1. The number of nitrogens with zero attached hydrogens (tertiary/aromatic N) is 3. The van der Waals surface area contributed by atoms with Gasteiger partial charge in [0, 0.05) is 6.61 Å². The number of rotatable bonds is 7. The first-order chi connectivity index (χ1) is 13.2. The molecule has 0 amide bonds. The zero-order valence-electron chi connectivity index (χ0n) is 15.6. The van der Waals surface area contributed by atoms with Crippen LogP contribution in [0, 0.1) is 18.3 Å². The van der Waals surface area contributed by atoms with E-state index in [1.807, 2.05) is 54.1 Å². The van der Waals surface area contributed by atoms with Crippen molar-refractivity contribution in [1.82, 2.24) is 9.78 Å². The monoisotopic (exact) mass is 361 g/mol. The third-order valence-corrected chi connectivity index (χ3v) is 4.57. The molecule has 0 aliphatic heterocycles. The van der Waals surface area contributed by atoms with E-state index in [0.29, 0.717) is 17.7 Å². The van der Waals surface area contributed by atoms with Crippen molar-refractivity contribution in [2.45, 2.75) is 33.3 Å². The molecule has 0 saturated heterocycles. The van der Waals surface area contributed by atoms with Gasteiger partial charge in [0.15, 0.2) is 0 Å². The first-order valence-corrected chi connectivity index (χ1v) is 9.07. The molecule has 0 saturated carbocycles. The van der Waals surface area contributed by atoms with Crippen molar-refractivity contribution in [3.63, 3.8) is 0 Å². The van der Waals surface area contributed by atoms with Gasteiger partial charge in [0.25, 0.3) is 0 Å². The molecule has 27 heavy (non-hydrogen) atoms. The largest absolute Gasteiger partial charge is 0.487 e. The Hall–Kier alpha value is -3.10. The summed E-state index contributed by atoms with van der Waals surface area (Å²) >= 11 is 0. The molecule has 0 bridgehead atoms. The lowest BCUT2D eigenvalue weighted by Crippen LogP contribution is -2.09. The van der Waals surface area contributed by atoms with Crippen molar-refractivity contribution in [3.05, 3.63) is 76.6 Å². The Bertz CT molecular complexity index is 953. The van der Waals surface area contributed by atoms with Crippen LogP contribution < -0.4 is 4.74 Å². The maximum atomic E-state index is 9.60. The minimum Gasteiger partial charge on any atom is -0.487 e. The van der Waals surface area contributed by atoms with E-state index in [2.05, 4.69) is 24.2 Å². The molecule has 0 unspecified atom stereocenters. The quantitative estimate of drug-likeness (QED) is 0.696. The maximum absolute atomic E-state index is 9.60. The van der Waals surface area contributed by atoms with E-state index >= 15 is 0 Å². The van der Waals surface area contributed by atoms with Crippen LogP contribution in [0.4, 0.5) is 0 Å². The SMILES string of the molecule is CCc1ccccc1-n1nc(C)c(C#N)c1COc1ccc(CCO)cc1. The molecule has 2 aromatic carbocycles. The summed E-state index contributed by atoms with van der Waals surface area (Å²) in [6.07, 6.45) is 1.50. The molecule has 1 heterocycles. The predicted molar refractivity (Wildman–Crippen MR) is 104 cm³/mol. The van der Waals surface area contributed by atoms with Crippen LogP contribution in [0.1, 0.15) is 35.0 Å². The molecule has 5 nitrogen and oxygen atoms in total. The van der Waals surface area contributed by atoms with Crippen molar-refractivity contribution in [2.75, 3.05) is 6.61 Å². The van der Waals surface area contributed by atoms with Crippen LogP contribution in [-0.4, -0.2) is 21.5 Å². The molecule has 0 atom stereocenters. The lowest BCUT2D eigenvalue weighted by molar-refractivity contribution is 0.295. The van der Waals surface area contributed by atoms with Crippen LogP contribution in [0.3, 0.4) is 0 Å². The smallest absolute Gasteiger partial charge is 0.132 e. The standard InChI is InChI=1S/C22H23N3O2/c1-3-18-6-4-5-7-21(18)25-22(20(14-23)16(2)24-25)15-27-19-10-8-17(9-11-19)12-13-26/h4-11,26H,3,12-13,15H2,1-2H3. The van der Waals surface area contributed by atoms with E-state index < -0.39 is 0 Å². The first kappa shape index (κ1) is 18.7. The van der Waals surface area contributed by atoms with E-state index in [0.717, 1.165) is 29.1 Å². The molecular weight excluding hydrogens is 338 g/mol. The van der Waals surface area contributed by atoms with Crippen molar-refractivity contribution in [3.8, 4) is 17.5 Å². The van der Waals surface area contributed by atoms with Crippen LogP contribution in [0.5, 0.6) is 5.75 Å². The van der Waals surface area contributed by atoms with Crippen molar-refractivity contribution in [1.29, 1.82) is 5.26 Å². The van der Waals surface area contributed by atoms with Gasteiger partial charge in [-0.25, -0.2) is 4.68 Å². The molecule has 0 radical (unpaired) electrons. The van der Waals surface area contributed by atoms with E-state index in [-0.39, 0.29) is 13.2 Å². The third kappa shape index (κ3) is 4.02. The fraction of sp³-hybridized carbons (Fsp3) is 0.273. The third-order valence-electron chi connectivity index (χ3n) is 4.57. The first-order valence-electron chi connectivity index (χ1n) is 9.07. The summed E-state index contributed by atoms with van der Waals surface area (Å²) in [5.41, 5.74) is 5.19. The maximum Gasteiger partial charge on any atom is 0.132 e. The molecule has 0 spiro atoms. The van der Waals surface area contributed by atoms with Gasteiger partial charge in [-0.2, -0.15) is 10.4 Å². The summed E-state index contributed by atoms with van der Waals surface area (Å²) < 4.78 is 7.77. The highest BCUT2D eigenvalue weighted by Gasteiger charge is 2.18. The van der Waals surface area contributed by atoms with E-state index in [4.69, 9.17) is 9.84 Å². The number of nitriles is 1. The highest BCUT2D eigenvalue weighted by molar-refractivity contribution is 5.47. The Morgan fingerprint density at radius 3 is 2.56 bits per heavy atom. The topological polar surface area (TPSA) is 71.1 Å². The zero-order chi connectivity index (χ0) is 19.2. The van der Waals surface area contributed by atoms with Crippen LogP contribution >= 0.6 is 0 Å². The summed E-state index contributed by atoms with van der Waals surface area (Å²) in [5.74, 6) is 0.717. The Kier molecular flexibility index (Phi) is 5.90. The van der Waals surface area contributed by atoms with Gasteiger partial charge in [-0.15, -0.1) is 0 Å². The minimum absolute atomic E-state index is 0.126. The van der Waals surface area contributed by atoms with E-state index in [1.54, 1.807) is 0 Å². The number of aromatic nitrogens is 2. The normalized spacial score (nSPS) is 10.6. The molecule has 138 valence electrons. The van der Waals surface area contributed by atoms with Gasteiger partial charge < -0.3 is 9.84 Å². The number of para-hydroxylation sites is 1. The van der Waals surface area contributed by atoms with Gasteiger partial charge in [-0.05, 0) is 49.1 Å². The molecule has 3 aromatic rings. The predicted octanol–water partition coefficient (Wildman–Crippen LogP) is 3.73. The highest BCUT2D eigenvalue weighted by atomic mass is 16.5. The molecule has 0 aliphatic rings. The summed E-state index contributed by atoms with van der Waals surface area (Å²) in [5, 5.41) is 23.2. The minimum atomic E-state index is 0.126. The van der Waals surface area contributed by atoms with Crippen LogP contribution in [0.2, 0.25) is 0 Å². The molecular formula is C22H23N3O2. The molecule has 0 aliphatic carbocycles. The van der Waals surface area contributed by atoms with Crippen LogP contribution in [0.15, 0.2) is 48.5 Å². The summed E-state index contributed by atoms with van der Waals surface area (Å²) in [7, 11) is 0. The van der Waals surface area contributed by atoms with Gasteiger partial charge in [-0.3, -0.25) is 0 Å². The van der Waals surface area contributed by atoms with Gasteiger partial charge >= 0.3 is 0 Å². The Morgan fingerprint density at radius 2 is 1.89 bits per heavy atom. The summed E-state index contributed by atoms with van der Waals surface area (Å²) in [4.78, 5) is 0. The molecule has 5 heteroatoms. The molecule has 3 rings (SSSR count).